The zero-order chi connectivity index (χ0) is 10.0. The molecule has 2 N–H and O–H groups in total. The lowest BCUT2D eigenvalue weighted by Gasteiger charge is -2.25. The summed E-state index contributed by atoms with van der Waals surface area (Å²) in [5.74, 6) is 0.793. The number of hydrogen-bond acceptors (Lipinski definition) is 3. The van der Waals surface area contributed by atoms with Gasteiger partial charge in [-0.25, -0.2) is 4.98 Å². The first kappa shape index (κ1) is 9.68. The van der Waals surface area contributed by atoms with Gasteiger partial charge in [-0.1, -0.05) is 0 Å². The average molecular weight is 195 g/mol. The number of rotatable bonds is 1. The minimum Gasteiger partial charge on any atom is -0.382 e. The summed E-state index contributed by atoms with van der Waals surface area (Å²) < 4.78 is 1.91. The molecule has 1 aromatic rings. The predicted molar refractivity (Wildman–Crippen MR) is 53.8 cm³/mol. The summed E-state index contributed by atoms with van der Waals surface area (Å²) in [7, 11) is 1.93. The highest BCUT2D eigenvalue weighted by atomic mass is 16.3. The van der Waals surface area contributed by atoms with E-state index in [1.165, 1.54) is 0 Å². The van der Waals surface area contributed by atoms with Crippen LogP contribution >= 0.6 is 0 Å². The minimum atomic E-state index is -0.734. The molecule has 4 heteroatoms. The van der Waals surface area contributed by atoms with Gasteiger partial charge in [0.2, 0.25) is 0 Å². The van der Waals surface area contributed by atoms with Gasteiger partial charge in [-0.05, 0) is 32.4 Å². The Bertz CT molecular complexity index is 300. The van der Waals surface area contributed by atoms with Crippen molar-refractivity contribution in [2.75, 3.05) is 13.1 Å². The number of aryl methyl sites for hydroxylation is 1. The van der Waals surface area contributed by atoms with E-state index in [0.717, 1.165) is 38.2 Å². The fourth-order valence-electron chi connectivity index (χ4n) is 2.09. The first-order valence-electron chi connectivity index (χ1n) is 5.13. The molecule has 2 rings (SSSR count). The molecular weight excluding hydrogens is 178 g/mol. The number of hydrogen-bond donors (Lipinski definition) is 2. The average Bonchev–Trinajstić information content (AvgIpc) is 2.46. The van der Waals surface area contributed by atoms with Crippen molar-refractivity contribution < 1.29 is 5.11 Å². The third kappa shape index (κ3) is 1.67. The first-order chi connectivity index (χ1) is 6.72. The van der Waals surface area contributed by atoms with E-state index in [9.17, 15) is 5.11 Å². The fraction of sp³-hybridized carbons (Fsp3) is 0.700. The summed E-state index contributed by atoms with van der Waals surface area (Å²) in [5.41, 5.74) is -0.734. The summed E-state index contributed by atoms with van der Waals surface area (Å²) >= 11 is 0. The smallest absolute Gasteiger partial charge is 0.140 e. The third-order valence-electron chi connectivity index (χ3n) is 2.90. The topological polar surface area (TPSA) is 50.1 Å². The molecule has 4 nitrogen and oxygen atoms in total. The molecular formula is C10H17N3O. The number of aromatic nitrogens is 2. The van der Waals surface area contributed by atoms with E-state index < -0.39 is 5.60 Å². The van der Waals surface area contributed by atoms with Crippen LogP contribution in [0.15, 0.2) is 12.4 Å². The van der Waals surface area contributed by atoms with Crippen LogP contribution in [0.3, 0.4) is 0 Å². The van der Waals surface area contributed by atoms with Crippen molar-refractivity contribution in [3.05, 3.63) is 18.2 Å². The zero-order valence-electron chi connectivity index (χ0n) is 8.53. The highest BCUT2D eigenvalue weighted by molar-refractivity contribution is 5.05. The van der Waals surface area contributed by atoms with Crippen LogP contribution in [0.25, 0.3) is 0 Å². The molecule has 0 aromatic carbocycles. The molecule has 1 aliphatic rings. The number of nitrogens with zero attached hydrogens (tertiary/aromatic N) is 2. The summed E-state index contributed by atoms with van der Waals surface area (Å²) in [6, 6.07) is 0. The molecule has 1 atom stereocenters. The largest absolute Gasteiger partial charge is 0.382 e. The number of nitrogens with one attached hydrogen (secondary N) is 1. The summed E-state index contributed by atoms with van der Waals surface area (Å²) in [6.07, 6.45) is 6.17. The highest BCUT2D eigenvalue weighted by Gasteiger charge is 2.33. The van der Waals surface area contributed by atoms with Gasteiger partial charge in [0.15, 0.2) is 0 Å². The molecule has 78 valence electrons. The van der Waals surface area contributed by atoms with E-state index in [0.29, 0.717) is 0 Å². The Morgan fingerprint density at radius 3 is 3.07 bits per heavy atom. The van der Waals surface area contributed by atoms with E-state index in [2.05, 4.69) is 10.3 Å². The Balaban J connectivity index is 2.25. The molecule has 0 saturated carbocycles. The number of aliphatic hydroxyl groups is 1. The Hall–Kier alpha value is -0.870. The van der Waals surface area contributed by atoms with Gasteiger partial charge < -0.3 is 15.0 Å². The zero-order valence-corrected chi connectivity index (χ0v) is 8.53. The molecule has 1 aliphatic heterocycles. The van der Waals surface area contributed by atoms with E-state index in [-0.39, 0.29) is 0 Å². The van der Waals surface area contributed by atoms with E-state index in [1.54, 1.807) is 6.20 Å². The molecule has 1 unspecified atom stereocenters. The number of imidazole rings is 1. The van der Waals surface area contributed by atoms with Crippen molar-refractivity contribution in [3.63, 3.8) is 0 Å². The van der Waals surface area contributed by atoms with Crippen LogP contribution in [-0.2, 0) is 12.6 Å². The standard InChI is InChI=1S/C10H17N3O/c1-13-8-7-12-9(13)10(14)3-2-5-11-6-4-10/h7-8,11,14H,2-6H2,1H3. The van der Waals surface area contributed by atoms with Crippen LogP contribution in [0, 0.1) is 0 Å². The van der Waals surface area contributed by atoms with Crippen molar-refractivity contribution >= 4 is 0 Å². The Morgan fingerprint density at radius 2 is 2.36 bits per heavy atom. The SMILES string of the molecule is Cn1ccnc1C1(O)CCCNCC1. The Labute approximate surface area is 84.0 Å². The monoisotopic (exact) mass is 195 g/mol. The van der Waals surface area contributed by atoms with Crippen molar-refractivity contribution in [3.8, 4) is 0 Å². The van der Waals surface area contributed by atoms with Gasteiger partial charge in [-0.15, -0.1) is 0 Å². The predicted octanol–water partition coefficient (Wildman–Crippen LogP) is 0.381. The molecule has 0 radical (unpaired) electrons. The summed E-state index contributed by atoms with van der Waals surface area (Å²) in [6.45, 7) is 1.86. The highest BCUT2D eigenvalue weighted by Crippen LogP contribution is 2.29. The van der Waals surface area contributed by atoms with Gasteiger partial charge in [0.1, 0.15) is 11.4 Å². The molecule has 14 heavy (non-hydrogen) atoms. The van der Waals surface area contributed by atoms with Crippen LogP contribution in [0.1, 0.15) is 25.1 Å². The van der Waals surface area contributed by atoms with Gasteiger partial charge >= 0.3 is 0 Å². The van der Waals surface area contributed by atoms with Crippen LogP contribution in [0.4, 0.5) is 0 Å². The Morgan fingerprint density at radius 1 is 1.50 bits per heavy atom. The second-order valence-electron chi connectivity index (χ2n) is 4.00. The first-order valence-corrected chi connectivity index (χ1v) is 5.13. The van der Waals surface area contributed by atoms with Crippen LogP contribution in [0.2, 0.25) is 0 Å². The maximum Gasteiger partial charge on any atom is 0.140 e. The third-order valence-corrected chi connectivity index (χ3v) is 2.90. The quantitative estimate of drug-likeness (QED) is 0.681. The van der Waals surface area contributed by atoms with E-state index in [4.69, 9.17) is 0 Å². The van der Waals surface area contributed by atoms with Crippen LogP contribution in [0.5, 0.6) is 0 Å². The normalized spacial score (nSPS) is 28.7. The maximum atomic E-state index is 10.5. The summed E-state index contributed by atoms with van der Waals surface area (Å²) in [4.78, 5) is 4.24. The van der Waals surface area contributed by atoms with Gasteiger partial charge in [0.25, 0.3) is 0 Å². The van der Waals surface area contributed by atoms with Crippen LogP contribution < -0.4 is 5.32 Å². The van der Waals surface area contributed by atoms with Gasteiger partial charge in [0, 0.05) is 19.4 Å². The molecule has 0 bridgehead atoms. The molecule has 2 heterocycles. The molecule has 1 aromatic heterocycles. The molecule has 0 amide bonds. The van der Waals surface area contributed by atoms with Crippen molar-refractivity contribution in [1.82, 2.24) is 14.9 Å². The minimum absolute atomic E-state index is 0.734. The van der Waals surface area contributed by atoms with Crippen molar-refractivity contribution in [2.45, 2.75) is 24.9 Å². The summed E-state index contributed by atoms with van der Waals surface area (Å²) in [5, 5.41) is 13.8. The van der Waals surface area contributed by atoms with Crippen molar-refractivity contribution in [1.29, 1.82) is 0 Å². The lowest BCUT2D eigenvalue weighted by Crippen LogP contribution is -2.30. The van der Waals surface area contributed by atoms with Gasteiger partial charge in [0.05, 0.1) is 0 Å². The fourth-order valence-corrected chi connectivity index (χ4v) is 2.09. The van der Waals surface area contributed by atoms with Gasteiger partial charge in [-0.3, -0.25) is 0 Å². The van der Waals surface area contributed by atoms with Gasteiger partial charge in [-0.2, -0.15) is 0 Å². The molecule has 0 aliphatic carbocycles. The lowest BCUT2D eigenvalue weighted by atomic mass is 9.94. The molecule has 1 saturated heterocycles. The molecule has 0 spiro atoms. The van der Waals surface area contributed by atoms with E-state index >= 15 is 0 Å². The lowest BCUT2D eigenvalue weighted by molar-refractivity contribution is 0.0126. The molecule has 1 fully saturated rings. The van der Waals surface area contributed by atoms with E-state index in [1.807, 2.05) is 17.8 Å². The maximum absolute atomic E-state index is 10.5. The Kier molecular flexibility index (Phi) is 2.56. The second kappa shape index (κ2) is 3.71. The second-order valence-corrected chi connectivity index (χ2v) is 4.00. The van der Waals surface area contributed by atoms with Crippen LogP contribution in [-0.4, -0.2) is 27.7 Å². The van der Waals surface area contributed by atoms with Crippen molar-refractivity contribution in [2.24, 2.45) is 7.05 Å².